The Morgan fingerprint density at radius 3 is 0.500 bits per heavy atom. The number of hydrogen-bond donors (Lipinski definition) is 0. The van der Waals surface area contributed by atoms with Gasteiger partial charge in [0.05, 0.1) is 0 Å². The molecular formula is HfPt3. The van der Waals surface area contributed by atoms with Gasteiger partial charge in [0.15, 0.2) is 0 Å². The Kier molecular flexibility index (Phi) is 119. The van der Waals surface area contributed by atoms with E-state index < -0.39 is 0 Å². The zero-order valence-electron chi connectivity index (χ0n) is 1.45. The summed E-state index contributed by atoms with van der Waals surface area (Å²) in [6.45, 7) is 0. The minimum absolute atomic E-state index is 0. The summed E-state index contributed by atoms with van der Waals surface area (Å²) in [7, 11) is 0. The SMILES string of the molecule is [Hf].[Pt].[Pt].[Pt]. The molecule has 0 bridgehead atoms. The summed E-state index contributed by atoms with van der Waals surface area (Å²) in [6, 6.07) is 0. The van der Waals surface area contributed by atoms with Gasteiger partial charge in [0.25, 0.3) is 0 Å². The van der Waals surface area contributed by atoms with Crippen LogP contribution in [0.5, 0.6) is 0 Å². The van der Waals surface area contributed by atoms with E-state index in [1.165, 1.54) is 0 Å². The predicted molar refractivity (Wildman–Crippen MR) is 0 cm³/mol. The summed E-state index contributed by atoms with van der Waals surface area (Å²) in [4.78, 5) is 0. The van der Waals surface area contributed by atoms with Crippen molar-refractivity contribution in [2.45, 2.75) is 0 Å². The first-order valence-electron chi connectivity index (χ1n) is 0. The average molecular weight is 764 g/mol. The third-order valence-corrected chi connectivity index (χ3v) is 0. The Morgan fingerprint density at radius 1 is 0.500 bits per heavy atom. The van der Waals surface area contributed by atoms with Crippen LogP contribution < -0.4 is 0 Å². The summed E-state index contributed by atoms with van der Waals surface area (Å²) in [5.41, 5.74) is 0. The third-order valence-electron chi connectivity index (χ3n) is 0. The van der Waals surface area contributed by atoms with E-state index in [4.69, 9.17) is 0 Å². The second-order valence-corrected chi connectivity index (χ2v) is 0. The molecule has 0 aromatic heterocycles. The van der Waals surface area contributed by atoms with Gasteiger partial charge in [0, 0.05) is 89.0 Å². The molecule has 0 fully saturated rings. The Labute approximate surface area is 87.4 Å². The average Bonchev–Trinajstić information content (AvgIpc) is 0. The van der Waals surface area contributed by atoms with E-state index in [-0.39, 0.29) is 89.0 Å². The zero-order chi connectivity index (χ0) is 0. The van der Waals surface area contributed by atoms with Crippen molar-refractivity contribution in [1.29, 1.82) is 0 Å². The molecule has 4 heavy (non-hydrogen) atoms. The molecule has 0 aromatic carbocycles. The molecule has 0 radical (unpaired) electrons. The van der Waals surface area contributed by atoms with Crippen molar-refractivity contribution in [2.75, 3.05) is 0 Å². The molecule has 0 spiro atoms. The molecule has 0 atom stereocenters. The number of rotatable bonds is 0. The summed E-state index contributed by atoms with van der Waals surface area (Å²) in [5, 5.41) is 0. The molecule has 0 rings (SSSR count). The molecule has 0 aromatic rings. The number of hydrogen-bond acceptors (Lipinski definition) is 0. The van der Waals surface area contributed by atoms with Gasteiger partial charge in [-0.2, -0.15) is 0 Å². The van der Waals surface area contributed by atoms with Crippen molar-refractivity contribution in [3.63, 3.8) is 0 Å². The molecule has 0 nitrogen and oxygen atoms in total. The van der Waals surface area contributed by atoms with Gasteiger partial charge in [-0.25, -0.2) is 0 Å². The van der Waals surface area contributed by atoms with Gasteiger partial charge >= 0.3 is 0 Å². The van der Waals surface area contributed by atoms with Gasteiger partial charge in [-0.05, 0) is 0 Å². The Bertz CT molecular complexity index is 3.25. The van der Waals surface area contributed by atoms with Crippen LogP contribution >= 0.6 is 0 Å². The van der Waals surface area contributed by atoms with Crippen LogP contribution in [0.25, 0.3) is 0 Å². The first-order chi connectivity index (χ1) is 0. The smallest absolute Gasteiger partial charge is 0 e. The molecule has 0 amide bonds. The van der Waals surface area contributed by atoms with Gasteiger partial charge in [-0.1, -0.05) is 0 Å². The fraction of sp³-hybridized carbons (Fsp3) is 0. The van der Waals surface area contributed by atoms with E-state index in [1.807, 2.05) is 0 Å². The normalized spacial score (nSPS) is 0. The maximum absolute atomic E-state index is 0. The molecule has 0 aliphatic carbocycles. The summed E-state index contributed by atoms with van der Waals surface area (Å²) < 4.78 is 0. The van der Waals surface area contributed by atoms with Crippen molar-refractivity contribution >= 4 is 0 Å². The van der Waals surface area contributed by atoms with Gasteiger partial charge < -0.3 is 0 Å². The second-order valence-electron chi connectivity index (χ2n) is 0. The van der Waals surface area contributed by atoms with Crippen LogP contribution in [-0.4, -0.2) is 0 Å². The summed E-state index contributed by atoms with van der Waals surface area (Å²) >= 11 is 0. The van der Waals surface area contributed by atoms with E-state index in [2.05, 4.69) is 0 Å². The van der Waals surface area contributed by atoms with Crippen LogP contribution in [0.2, 0.25) is 0 Å². The first-order valence-corrected chi connectivity index (χ1v) is 0. The minimum atomic E-state index is 0. The topological polar surface area (TPSA) is 0 Å². The molecule has 0 aliphatic heterocycles. The standard InChI is InChI=1S/Hf.3Pt. The van der Waals surface area contributed by atoms with Crippen molar-refractivity contribution in [3.05, 3.63) is 0 Å². The van der Waals surface area contributed by atoms with Gasteiger partial charge in [0.2, 0.25) is 0 Å². The van der Waals surface area contributed by atoms with Crippen LogP contribution in [-0.2, 0) is 89.0 Å². The molecule has 4 heteroatoms. The van der Waals surface area contributed by atoms with Crippen molar-refractivity contribution in [3.8, 4) is 0 Å². The molecule has 0 saturated carbocycles. The largest absolute Gasteiger partial charge is 0 e. The maximum Gasteiger partial charge on any atom is 0 e. The fourth-order valence-electron chi connectivity index (χ4n) is 0. The van der Waals surface area contributed by atoms with E-state index in [0.29, 0.717) is 0 Å². The molecule has 0 N–H and O–H groups in total. The second kappa shape index (κ2) is 16.8. The summed E-state index contributed by atoms with van der Waals surface area (Å²) in [5.74, 6) is 0. The molecule has 0 heterocycles. The Hall–Kier alpha value is 2.94. The molecule has 0 saturated heterocycles. The van der Waals surface area contributed by atoms with Crippen LogP contribution in [0.4, 0.5) is 0 Å². The van der Waals surface area contributed by atoms with Crippen LogP contribution in [0.3, 0.4) is 0 Å². The summed E-state index contributed by atoms with van der Waals surface area (Å²) in [6.07, 6.45) is 0. The van der Waals surface area contributed by atoms with Crippen molar-refractivity contribution in [1.82, 2.24) is 0 Å². The van der Waals surface area contributed by atoms with E-state index >= 15 is 0 Å². The van der Waals surface area contributed by atoms with Crippen molar-refractivity contribution < 1.29 is 89.0 Å². The zero-order valence-corrected chi connectivity index (χ0v) is 11.9. The molecule has 0 unspecified atom stereocenters. The quantitative estimate of drug-likeness (QED) is 0.305. The predicted octanol–water partition coefficient (Wildman–Crippen LogP) is -0.0100. The monoisotopic (exact) mass is 765 g/mol. The van der Waals surface area contributed by atoms with Gasteiger partial charge in [-0.15, -0.1) is 0 Å². The van der Waals surface area contributed by atoms with Crippen molar-refractivity contribution in [2.24, 2.45) is 0 Å². The van der Waals surface area contributed by atoms with Gasteiger partial charge in [-0.3, -0.25) is 0 Å². The van der Waals surface area contributed by atoms with E-state index in [9.17, 15) is 0 Å². The molecular weight excluding hydrogens is 764 g/mol. The van der Waals surface area contributed by atoms with Crippen LogP contribution in [0, 0.1) is 0 Å². The fourth-order valence-corrected chi connectivity index (χ4v) is 0. The minimum Gasteiger partial charge on any atom is 0 e. The molecule has 34 valence electrons. The van der Waals surface area contributed by atoms with E-state index in [1.54, 1.807) is 0 Å². The Morgan fingerprint density at radius 2 is 0.500 bits per heavy atom. The van der Waals surface area contributed by atoms with Crippen LogP contribution in [0.1, 0.15) is 0 Å². The van der Waals surface area contributed by atoms with Crippen LogP contribution in [0.15, 0.2) is 0 Å². The maximum atomic E-state index is 0. The third kappa shape index (κ3) is 8.87. The molecule has 0 aliphatic rings. The van der Waals surface area contributed by atoms with E-state index in [0.717, 1.165) is 0 Å². The van der Waals surface area contributed by atoms with Gasteiger partial charge in [0.1, 0.15) is 0 Å². The Balaban J connectivity index is 0. The first kappa shape index (κ1) is 28.4.